The van der Waals surface area contributed by atoms with Gasteiger partial charge in [0.15, 0.2) is 6.10 Å². The topological polar surface area (TPSA) is 51.4 Å². The van der Waals surface area contributed by atoms with Gasteiger partial charge in [0.25, 0.3) is 5.89 Å². The molecule has 1 aliphatic carbocycles. The molecule has 0 amide bonds. The van der Waals surface area contributed by atoms with Crippen molar-refractivity contribution in [2.24, 2.45) is 5.92 Å². The van der Waals surface area contributed by atoms with Crippen molar-refractivity contribution >= 4 is 11.6 Å². The van der Waals surface area contributed by atoms with Crippen LogP contribution in [-0.4, -0.2) is 28.2 Å². The number of nitrogens with zero attached hydrogens (tertiary/aromatic N) is 3. The second-order valence-electron chi connectivity index (χ2n) is 8.18. The fourth-order valence-corrected chi connectivity index (χ4v) is 4.73. The van der Waals surface area contributed by atoms with E-state index in [1.807, 2.05) is 18.2 Å². The summed E-state index contributed by atoms with van der Waals surface area (Å²) >= 11 is 6.08. The summed E-state index contributed by atoms with van der Waals surface area (Å²) in [6.07, 6.45) is 9.34. The average Bonchev–Trinajstić information content (AvgIpc) is 3.14. The molecule has 3 aliphatic rings. The molecular weight excluding hydrogens is 362 g/mol. The van der Waals surface area contributed by atoms with Crippen LogP contribution in [-0.2, 0) is 6.42 Å². The molecule has 0 N–H and O–H groups in total. The molecule has 1 aromatic heterocycles. The number of hydrogen-bond donors (Lipinski definition) is 0. The smallest absolute Gasteiger partial charge is 0.257 e. The van der Waals surface area contributed by atoms with Gasteiger partial charge in [-0.1, -0.05) is 24.4 Å². The van der Waals surface area contributed by atoms with Crippen molar-refractivity contribution in [1.29, 1.82) is 0 Å². The van der Waals surface area contributed by atoms with Gasteiger partial charge in [-0.05, 0) is 74.8 Å². The summed E-state index contributed by atoms with van der Waals surface area (Å²) in [4.78, 5) is 2.57. The van der Waals surface area contributed by atoms with E-state index in [4.69, 9.17) is 20.8 Å². The number of aromatic nitrogens is 2. The monoisotopic (exact) mass is 387 g/mol. The van der Waals surface area contributed by atoms with E-state index in [1.165, 1.54) is 38.6 Å². The molecule has 3 heterocycles. The van der Waals surface area contributed by atoms with Crippen molar-refractivity contribution in [3.05, 3.63) is 40.6 Å². The van der Waals surface area contributed by atoms with Crippen molar-refractivity contribution < 1.29 is 9.15 Å². The SMILES string of the molecule is Clc1ccc2c(c1)CCC(c1nnc(C3CCCCN3CC3CCC3)o1)O2. The highest BCUT2D eigenvalue weighted by atomic mass is 35.5. The van der Waals surface area contributed by atoms with Crippen LogP contribution in [0.25, 0.3) is 0 Å². The maximum Gasteiger partial charge on any atom is 0.257 e. The first-order valence-electron chi connectivity index (χ1n) is 10.3. The third-order valence-electron chi connectivity index (χ3n) is 6.32. The standard InChI is InChI=1S/C21H26ClN3O2/c22-16-8-10-18-15(12-16)7-9-19(26-18)21-24-23-20(27-21)17-6-1-2-11-25(17)13-14-4-3-5-14/h8,10,12,14,17,19H,1-7,9,11,13H2. The molecule has 0 radical (unpaired) electrons. The highest BCUT2D eigenvalue weighted by molar-refractivity contribution is 6.30. The summed E-state index contributed by atoms with van der Waals surface area (Å²) in [6, 6.07) is 6.05. The van der Waals surface area contributed by atoms with Gasteiger partial charge in [-0.25, -0.2) is 0 Å². The molecule has 2 aliphatic heterocycles. The summed E-state index contributed by atoms with van der Waals surface area (Å²) in [5.41, 5.74) is 1.15. The average molecular weight is 388 g/mol. The second-order valence-corrected chi connectivity index (χ2v) is 8.62. The van der Waals surface area contributed by atoms with Gasteiger partial charge in [0.05, 0.1) is 6.04 Å². The predicted molar refractivity (Wildman–Crippen MR) is 103 cm³/mol. The van der Waals surface area contributed by atoms with Crippen LogP contribution in [0.15, 0.2) is 22.6 Å². The summed E-state index contributed by atoms with van der Waals surface area (Å²) in [6.45, 7) is 2.32. The number of benzene rings is 1. The molecule has 6 heteroatoms. The molecule has 5 nitrogen and oxygen atoms in total. The molecule has 2 aromatic rings. The molecule has 2 atom stereocenters. The Balaban J connectivity index is 1.31. The van der Waals surface area contributed by atoms with Crippen molar-refractivity contribution in [2.45, 2.75) is 63.5 Å². The predicted octanol–water partition coefficient (Wildman–Crippen LogP) is 5.12. The molecule has 2 fully saturated rings. The Morgan fingerprint density at radius 1 is 1.04 bits per heavy atom. The van der Waals surface area contributed by atoms with Gasteiger partial charge < -0.3 is 9.15 Å². The second kappa shape index (κ2) is 7.44. The Morgan fingerprint density at radius 2 is 1.93 bits per heavy atom. The van der Waals surface area contributed by atoms with E-state index in [0.29, 0.717) is 5.89 Å². The zero-order valence-electron chi connectivity index (χ0n) is 15.6. The van der Waals surface area contributed by atoms with Crippen LogP contribution >= 0.6 is 11.6 Å². The number of aryl methyl sites for hydroxylation is 1. The first kappa shape index (κ1) is 17.5. The summed E-state index contributed by atoms with van der Waals surface area (Å²) in [5.74, 6) is 3.12. The van der Waals surface area contributed by atoms with Crippen molar-refractivity contribution in [1.82, 2.24) is 15.1 Å². The fourth-order valence-electron chi connectivity index (χ4n) is 4.54. The maximum absolute atomic E-state index is 6.15. The van der Waals surface area contributed by atoms with E-state index >= 15 is 0 Å². The quantitative estimate of drug-likeness (QED) is 0.729. The van der Waals surface area contributed by atoms with E-state index in [0.717, 1.165) is 54.0 Å². The zero-order valence-corrected chi connectivity index (χ0v) is 16.3. The van der Waals surface area contributed by atoms with Crippen molar-refractivity contribution in [3.63, 3.8) is 0 Å². The Hall–Kier alpha value is -1.59. The first-order valence-corrected chi connectivity index (χ1v) is 10.7. The molecule has 5 rings (SSSR count). The van der Waals surface area contributed by atoms with E-state index in [2.05, 4.69) is 15.1 Å². The zero-order chi connectivity index (χ0) is 18.2. The molecule has 1 saturated carbocycles. The molecule has 27 heavy (non-hydrogen) atoms. The Morgan fingerprint density at radius 3 is 2.78 bits per heavy atom. The maximum atomic E-state index is 6.15. The minimum Gasteiger partial charge on any atom is -0.480 e. The number of ether oxygens (including phenoxy) is 1. The van der Waals surface area contributed by atoms with E-state index in [9.17, 15) is 0 Å². The van der Waals surface area contributed by atoms with Crippen molar-refractivity contribution in [3.8, 4) is 5.75 Å². The van der Waals surface area contributed by atoms with Crippen LogP contribution in [0, 0.1) is 5.92 Å². The number of fused-ring (bicyclic) bond motifs is 1. The minimum atomic E-state index is -0.163. The van der Waals surface area contributed by atoms with Crippen LogP contribution < -0.4 is 4.74 Å². The Labute approximate surface area is 165 Å². The lowest BCUT2D eigenvalue weighted by atomic mass is 9.84. The van der Waals surface area contributed by atoms with Gasteiger partial charge in [-0.3, -0.25) is 4.90 Å². The molecule has 144 valence electrons. The minimum absolute atomic E-state index is 0.163. The number of halogens is 1. The van der Waals surface area contributed by atoms with Crippen LogP contribution in [0.2, 0.25) is 5.02 Å². The number of hydrogen-bond acceptors (Lipinski definition) is 5. The van der Waals surface area contributed by atoms with E-state index in [-0.39, 0.29) is 12.1 Å². The Kier molecular flexibility index (Phi) is 4.82. The Bertz CT molecular complexity index is 804. The third kappa shape index (κ3) is 3.59. The van der Waals surface area contributed by atoms with Gasteiger partial charge in [-0.15, -0.1) is 10.2 Å². The number of likely N-dealkylation sites (tertiary alicyclic amines) is 1. The highest BCUT2D eigenvalue weighted by Gasteiger charge is 2.33. The summed E-state index contributed by atoms with van der Waals surface area (Å²) in [7, 11) is 0. The number of rotatable bonds is 4. The lowest BCUT2D eigenvalue weighted by Crippen LogP contribution is -2.38. The fraction of sp³-hybridized carbons (Fsp3) is 0.619. The molecular formula is C21H26ClN3O2. The summed E-state index contributed by atoms with van der Waals surface area (Å²) < 4.78 is 12.3. The van der Waals surface area contributed by atoms with Crippen LogP contribution in [0.5, 0.6) is 5.75 Å². The molecule has 0 spiro atoms. The van der Waals surface area contributed by atoms with Gasteiger partial charge >= 0.3 is 0 Å². The van der Waals surface area contributed by atoms with Crippen molar-refractivity contribution in [2.75, 3.05) is 13.1 Å². The summed E-state index contributed by atoms with van der Waals surface area (Å²) in [5, 5.41) is 9.54. The van der Waals surface area contributed by atoms with Crippen LogP contribution in [0.4, 0.5) is 0 Å². The lowest BCUT2D eigenvalue weighted by molar-refractivity contribution is 0.0797. The largest absolute Gasteiger partial charge is 0.480 e. The van der Waals surface area contributed by atoms with Gasteiger partial charge in [0, 0.05) is 11.6 Å². The number of piperidine rings is 1. The van der Waals surface area contributed by atoms with Gasteiger partial charge in [0.2, 0.25) is 5.89 Å². The molecule has 2 unspecified atom stereocenters. The molecule has 0 bridgehead atoms. The highest BCUT2D eigenvalue weighted by Crippen LogP contribution is 2.38. The molecule has 1 saturated heterocycles. The van der Waals surface area contributed by atoms with Gasteiger partial charge in [-0.2, -0.15) is 0 Å². The van der Waals surface area contributed by atoms with Crippen LogP contribution in [0.3, 0.4) is 0 Å². The van der Waals surface area contributed by atoms with Gasteiger partial charge in [0.1, 0.15) is 5.75 Å². The van der Waals surface area contributed by atoms with E-state index in [1.54, 1.807) is 0 Å². The third-order valence-corrected chi connectivity index (χ3v) is 6.55. The molecule has 1 aromatic carbocycles. The lowest BCUT2D eigenvalue weighted by Gasteiger charge is -2.38. The first-order chi connectivity index (χ1) is 13.3. The normalized spacial score (nSPS) is 26.3. The van der Waals surface area contributed by atoms with Crippen LogP contribution in [0.1, 0.15) is 74.4 Å². The van der Waals surface area contributed by atoms with E-state index < -0.39 is 0 Å².